The van der Waals surface area contributed by atoms with Gasteiger partial charge in [-0.3, -0.25) is 4.98 Å². The lowest BCUT2D eigenvalue weighted by Crippen LogP contribution is -2.36. The Labute approximate surface area is 121 Å². The number of fused-ring (bicyclic) bond motifs is 1. The standard InChI is InChI=1S/C18H24N2/c1-18(2)10-4-3-7-15(18)17(19)14-8-9-16-13(12-14)6-5-11-20-16/h5-6,8-9,11-12,15,17H,3-4,7,10,19H2,1-2H3. The first-order valence-corrected chi connectivity index (χ1v) is 7.68. The Kier molecular flexibility index (Phi) is 3.51. The summed E-state index contributed by atoms with van der Waals surface area (Å²) in [7, 11) is 0. The van der Waals surface area contributed by atoms with E-state index in [1.165, 1.54) is 36.6 Å². The highest BCUT2D eigenvalue weighted by Crippen LogP contribution is 2.46. The molecule has 0 bridgehead atoms. The first-order valence-electron chi connectivity index (χ1n) is 7.68. The number of rotatable bonds is 2. The van der Waals surface area contributed by atoms with Gasteiger partial charge in [-0.15, -0.1) is 0 Å². The highest BCUT2D eigenvalue weighted by atomic mass is 14.7. The summed E-state index contributed by atoms with van der Waals surface area (Å²) in [5, 5.41) is 1.19. The molecule has 1 heterocycles. The molecule has 1 aliphatic carbocycles. The summed E-state index contributed by atoms with van der Waals surface area (Å²) in [4.78, 5) is 4.38. The van der Waals surface area contributed by atoms with Crippen LogP contribution in [0.4, 0.5) is 0 Å². The van der Waals surface area contributed by atoms with Crippen molar-refractivity contribution < 1.29 is 0 Å². The summed E-state index contributed by atoms with van der Waals surface area (Å²) in [6.45, 7) is 4.75. The van der Waals surface area contributed by atoms with Crippen molar-refractivity contribution in [1.82, 2.24) is 4.98 Å². The maximum Gasteiger partial charge on any atom is 0.0702 e. The van der Waals surface area contributed by atoms with E-state index in [0.717, 1.165) is 5.52 Å². The maximum atomic E-state index is 6.62. The van der Waals surface area contributed by atoms with Crippen LogP contribution in [0.15, 0.2) is 36.5 Å². The smallest absolute Gasteiger partial charge is 0.0702 e. The average Bonchev–Trinajstić information content (AvgIpc) is 2.45. The number of pyridine rings is 1. The highest BCUT2D eigenvalue weighted by Gasteiger charge is 2.36. The van der Waals surface area contributed by atoms with Crippen molar-refractivity contribution >= 4 is 10.9 Å². The summed E-state index contributed by atoms with van der Waals surface area (Å²) >= 11 is 0. The zero-order chi connectivity index (χ0) is 14.2. The van der Waals surface area contributed by atoms with E-state index in [1.807, 2.05) is 12.3 Å². The van der Waals surface area contributed by atoms with Crippen LogP contribution < -0.4 is 5.73 Å². The van der Waals surface area contributed by atoms with Crippen molar-refractivity contribution in [2.75, 3.05) is 0 Å². The minimum atomic E-state index is 0.134. The Bertz CT molecular complexity index is 603. The van der Waals surface area contributed by atoms with Gasteiger partial charge in [-0.25, -0.2) is 0 Å². The lowest BCUT2D eigenvalue weighted by atomic mass is 9.65. The molecule has 1 aromatic heterocycles. The molecular weight excluding hydrogens is 244 g/mol. The molecule has 3 rings (SSSR count). The summed E-state index contributed by atoms with van der Waals surface area (Å²) < 4.78 is 0. The van der Waals surface area contributed by atoms with Crippen molar-refractivity contribution in [2.45, 2.75) is 45.6 Å². The predicted molar refractivity (Wildman–Crippen MR) is 84.4 cm³/mol. The van der Waals surface area contributed by atoms with Crippen LogP contribution in [-0.4, -0.2) is 4.98 Å². The molecule has 0 aliphatic heterocycles. The molecule has 0 saturated heterocycles. The van der Waals surface area contributed by atoms with Crippen LogP contribution in [0.5, 0.6) is 0 Å². The minimum Gasteiger partial charge on any atom is -0.324 e. The van der Waals surface area contributed by atoms with Crippen LogP contribution in [0, 0.1) is 11.3 Å². The second kappa shape index (κ2) is 5.17. The Hall–Kier alpha value is -1.41. The lowest BCUT2D eigenvalue weighted by Gasteiger charge is -2.42. The number of nitrogens with two attached hydrogens (primary N) is 1. The van der Waals surface area contributed by atoms with E-state index in [4.69, 9.17) is 5.73 Å². The number of benzene rings is 1. The third-order valence-corrected chi connectivity index (χ3v) is 5.04. The maximum absolute atomic E-state index is 6.62. The van der Waals surface area contributed by atoms with E-state index >= 15 is 0 Å². The molecule has 106 valence electrons. The second-order valence-electron chi connectivity index (χ2n) is 6.82. The Morgan fingerprint density at radius 3 is 2.90 bits per heavy atom. The van der Waals surface area contributed by atoms with E-state index in [9.17, 15) is 0 Å². The first-order chi connectivity index (χ1) is 9.58. The highest BCUT2D eigenvalue weighted by molar-refractivity contribution is 5.79. The van der Waals surface area contributed by atoms with E-state index in [1.54, 1.807) is 0 Å². The minimum absolute atomic E-state index is 0.134. The van der Waals surface area contributed by atoms with Gasteiger partial charge in [0.05, 0.1) is 5.52 Å². The summed E-state index contributed by atoms with van der Waals surface area (Å²) in [6.07, 6.45) is 7.04. The SMILES string of the molecule is CC1(C)CCCCC1C(N)c1ccc2ncccc2c1. The van der Waals surface area contributed by atoms with Crippen molar-refractivity contribution in [2.24, 2.45) is 17.1 Å². The second-order valence-corrected chi connectivity index (χ2v) is 6.82. The topological polar surface area (TPSA) is 38.9 Å². The van der Waals surface area contributed by atoms with Gasteiger partial charge in [0.15, 0.2) is 0 Å². The molecule has 2 unspecified atom stereocenters. The number of aromatic nitrogens is 1. The fourth-order valence-electron chi connectivity index (χ4n) is 3.72. The van der Waals surface area contributed by atoms with E-state index in [2.05, 4.69) is 43.1 Å². The number of hydrogen-bond donors (Lipinski definition) is 1. The summed E-state index contributed by atoms with van der Waals surface area (Å²) in [5.74, 6) is 0.574. The van der Waals surface area contributed by atoms with Crippen molar-refractivity contribution in [3.8, 4) is 0 Å². The predicted octanol–water partition coefficient (Wildman–Crippen LogP) is 4.45. The quantitative estimate of drug-likeness (QED) is 0.874. The average molecular weight is 268 g/mol. The van der Waals surface area contributed by atoms with Crippen LogP contribution in [0.25, 0.3) is 10.9 Å². The van der Waals surface area contributed by atoms with E-state index < -0.39 is 0 Å². The lowest BCUT2D eigenvalue weighted by molar-refractivity contribution is 0.113. The van der Waals surface area contributed by atoms with Crippen molar-refractivity contribution in [3.05, 3.63) is 42.1 Å². The molecule has 1 aromatic carbocycles. The molecule has 1 fully saturated rings. The van der Waals surface area contributed by atoms with Gasteiger partial charge >= 0.3 is 0 Å². The third kappa shape index (κ3) is 2.45. The van der Waals surface area contributed by atoms with Gasteiger partial charge in [-0.1, -0.05) is 38.8 Å². The third-order valence-electron chi connectivity index (χ3n) is 5.04. The zero-order valence-corrected chi connectivity index (χ0v) is 12.5. The van der Waals surface area contributed by atoms with Crippen molar-refractivity contribution in [1.29, 1.82) is 0 Å². The summed E-state index contributed by atoms with van der Waals surface area (Å²) in [5.41, 5.74) is 9.27. The molecule has 2 N–H and O–H groups in total. The molecule has 1 aliphatic rings. The molecule has 2 heteroatoms. The monoisotopic (exact) mass is 268 g/mol. The molecule has 2 nitrogen and oxygen atoms in total. The van der Waals surface area contributed by atoms with Gasteiger partial charge in [0.25, 0.3) is 0 Å². The van der Waals surface area contributed by atoms with Crippen LogP contribution in [0.3, 0.4) is 0 Å². The Morgan fingerprint density at radius 2 is 2.10 bits per heavy atom. The van der Waals surface area contributed by atoms with Gasteiger partial charge in [-0.05, 0) is 47.9 Å². The van der Waals surface area contributed by atoms with Crippen molar-refractivity contribution in [3.63, 3.8) is 0 Å². The van der Waals surface area contributed by atoms with Gasteiger partial charge in [0, 0.05) is 17.6 Å². The zero-order valence-electron chi connectivity index (χ0n) is 12.5. The fourth-order valence-corrected chi connectivity index (χ4v) is 3.72. The molecule has 20 heavy (non-hydrogen) atoms. The molecule has 1 saturated carbocycles. The summed E-state index contributed by atoms with van der Waals surface area (Å²) in [6, 6.07) is 10.7. The number of nitrogens with zero attached hydrogens (tertiary/aromatic N) is 1. The van der Waals surface area contributed by atoms with E-state index in [-0.39, 0.29) is 6.04 Å². The molecule has 2 aromatic rings. The molecule has 0 spiro atoms. The molecule has 0 amide bonds. The van der Waals surface area contributed by atoms with E-state index in [0.29, 0.717) is 11.3 Å². The molecule has 2 atom stereocenters. The van der Waals surface area contributed by atoms with Gasteiger partial charge in [0.2, 0.25) is 0 Å². The van der Waals surface area contributed by atoms with Gasteiger partial charge in [-0.2, -0.15) is 0 Å². The first kappa shape index (κ1) is 13.6. The van der Waals surface area contributed by atoms with Gasteiger partial charge < -0.3 is 5.73 Å². The molecular formula is C18H24N2. The Morgan fingerprint density at radius 1 is 1.25 bits per heavy atom. The van der Waals surface area contributed by atoms with Crippen LogP contribution in [0.1, 0.15) is 51.1 Å². The van der Waals surface area contributed by atoms with Crippen LogP contribution in [-0.2, 0) is 0 Å². The fraction of sp³-hybridized carbons (Fsp3) is 0.500. The Balaban J connectivity index is 1.93. The largest absolute Gasteiger partial charge is 0.324 e. The molecule has 0 radical (unpaired) electrons. The van der Waals surface area contributed by atoms with Crippen LogP contribution >= 0.6 is 0 Å². The van der Waals surface area contributed by atoms with Crippen LogP contribution in [0.2, 0.25) is 0 Å². The van der Waals surface area contributed by atoms with Gasteiger partial charge in [0.1, 0.15) is 0 Å². The normalized spacial score (nSPS) is 23.6. The number of hydrogen-bond acceptors (Lipinski definition) is 2.